The molecule has 196 valence electrons. The average molecular weight is 514 g/mol. The zero-order valence-electron chi connectivity index (χ0n) is 21.1. The fourth-order valence-corrected chi connectivity index (χ4v) is 7.10. The highest BCUT2D eigenvalue weighted by Gasteiger charge is 2.54. The van der Waals surface area contributed by atoms with Crippen LogP contribution in [0.25, 0.3) is 5.69 Å². The van der Waals surface area contributed by atoms with Crippen molar-refractivity contribution in [3.05, 3.63) is 77.6 Å². The van der Waals surface area contributed by atoms with Gasteiger partial charge in [-0.1, -0.05) is 23.4 Å². The van der Waals surface area contributed by atoms with Crippen molar-refractivity contribution in [3.63, 3.8) is 0 Å². The van der Waals surface area contributed by atoms with Crippen molar-refractivity contribution >= 4 is 17.7 Å². The van der Waals surface area contributed by atoms with E-state index >= 15 is 0 Å². The Kier molecular flexibility index (Phi) is 6.13. The van der Waals surface area contributed by atoms with Crippen LogP contribution in [0.1, 0.15) is 60.1 Å². The monoisotopic (exact) mass is 513 g/mol. The van der Waals surface area contributed by atoms with Crippen LogP contribution in [0.4, 0.5) is 0 Å². The van der Waals surface area contributed by atoms with E-state index in [0.29, 0.717) is 34.6 Å². The van der Waals surface area contributed by atoms with Crippen molar-refractivity contribution in [1.82, 2.24) is 9.78 Å². The van der Waals surface area contributed by atoms with Gasteiger partial charge in [-0.3, -0.25) is 4.79 Å². The van der Waals surface area contributed by atoms with Gasteiger partial charge in [0.2, 0.25) is 0 Å². The normalized spacial score (nSPS) is 25.8. The Balaban J connectivity index is 1.27. The summed E-state index contributed by atoms with van der Waals surface area (Å²) < 4.78 is 7.04. The summed E-state index contributed by atoms with van der Waals surface area (Å²) in [7, 11) is 0. The van der Waals surface area contributed by atoms with Crippen LogP contribution < -0.4 is 16.2 Å². The molecule has 4 saturated carbocycles. The number of amidine groups is 1. The van der Waals surface area contributed by atoms with Gasteiger partial charge >= 0.3 is 5.97 Å². The summed E-state index contributed by atoms with van der Waals surface area (Å²) in [4.78, 5) is 29.7. The van der Waals surface area contributed by atoms with Crippen molar-refractivity contribution < 1.29 is 19.2 Å². The van der Waals surface area contributed by atoms with Crippen LogP contribution in [0.15, 0.2) is 65.9 Å². The number of ether oxygens (including phenoxy) is 1. The van der Waals surface area contributed by atoms with Crippen LogP contribution in [0.5, 0.6) is 5.75 Å². The number of primary amides is 1. The number of para-hydroxylation sites is 1. The van der Waals surface area contributed by atoms with Gasteiger partial charge in [0, 0.05) is 17.2 Å². The Labute approximate surface area is 220 Å². The number of carbonyl (C=O) groups excluding carboxylic acids is 2. The first-order valence-corrected chi connectivity index (χ1v) is 13.1. The van der Waals surface area contributed by atoms with Gasteiger partial charge in [0.15, 0.2) is 12.4 Å². The summed E-state index contributed by atoms with van der Waals surface area (Å²) in [6, 6.07) is 16.4. The van der Waals surface area contributed by atoms with Crippen molar-refractivity contribution in [2.75, 3.05) is 6.61 Å². The molecule has 0 saturated heterocycles. The average Bonchev–Trinajstić information content (AvgIpc) is 3.37. The minimum atomic E-state index is -0.567. The predicted octanol–water partition coefficient (Wildman–Crippen LogP) is 3.68. The number of hydrogen-bond acceptors (Lipinski definition) is 6. The molecule has 4 bridgehead atoms. The van der Waals surface area contributed by atoms with Gasteiger partial charge in [0.1, 0.15) is 11.3 Å². The molecule has 1 heterocycles. The van der Waals surface area contributed by atoms with Crippen LogP contribution in [0.3, 0.4) is 0 Å². The Morgan fingerprint density at radius 1 is 0.947 bits per heavy atom. The first-order valence-electron chi connectivity index (χ1n) is 13.1. The molecule has 4 fully saturated rings. The van der Waals surface area contributed by atoms with Gasteiger partial charge in [-0.25, -0.2) is 9.48 Å². The van der Waals surface area contributed by atoms with Gasteiger partial charge < -0.3 is 21.0 Å². The predicted molar refractivity (Wildman–Crippen MR) is 141 cm³/mol. The molecule has 1 aromatic heterocycles. The summed E-state index contributed by atoms with van der Waals surface area (Å²) in [5.41, 5.74) is 13.8. The summed E-state index contributed by atoms with van der Waals surface area (Å²) >= 11 is 0. The number of aromatic nitrogens is 2. The fraction of sp³-hybridized carbons (Fsp3) is 0.379. The number of carbonyl (C=O) groups is 2. The number of rotatable bonds is 8. The van der Waals surface area contributed by atoms with E-state index in [1.165, 1.54) is 19.3 Å². The lowest BCUT2D eigenvalue weighted by atomic mass is 9.48. The molecule has 38 heavy (non-hydrogen) atoms. The molecule has 4 aliphatic rings. The molecule has 0 atom stereocenters. The van der Waals surface area contributed by atoms with Gasteiger partial charge in [-0.2, -0.15) is 5.10 Å². The first-order chi connectivity index (χ1) is 18.4. The second kappa shape index (κ2) is 9.63. The minimum Gasteiger partial charge on any atom is -0.484 e. The van der Waals surface area contributed by atoms with Crippen LogP contribution in [0.2, 0.25) is 0 Å². The van der Waals surface area contributed by atoms with E-state index in [-0.39, 0.29) is 17.9 Å². The third-order valence-electron chi connectivity index (χ3n) is 8.25. The number of oxime groups is 1. The highest BCUT2D eigenvalue weighted by Crippen LogP contribution is 2.60. The standard InChI is InChI=1S/C29H31N5O4/c30-25(35)17-37-23-8-6-21(7-9-23)27(31)33-38-28(36)24-16-34(22-4-2-1-3-5-22)32-26(24)29-13-18-10-19(14-29)12-20(11-18)15-29/h1-9,16,18-20H,10-15,17H2,(H2,30,35)(H2,31,33). The Hall–Kier alpha value is -4.14. The summed E-state index contributed by atoms with van der Waals surface area (Å²) in [6.07, 6.45) is 8.87. The molecule has 0 radical (unpaired) electrons. The van der Waals surface area contributed by atoms with Gasteiger partial charge in [-0.05, 0) is 92.7 Å². The summed E-state index contributed by atoms with van der Waals surface area (Å²) in [5, 5.41) is 8.94. The van der Waals surface area contributed by atoms with Crippen LogP contribution in [0, 0.1) is 17.8 Å². The molecule has 2 aromatic carbocycles. The van der Waals surface area contributed by atoms with Crippen molar-refractivity contribution in [2.45, 2.75) is 43.9 Å². The molecular formula is C29H31N5O4. The van der Waals surface area contributed by atoms with Gasteiger partial charge in [0.05, 0.1) is 11.4 Å². The second-order valence-corrected chi connectivity index (χ2v) is 11.0. The summed E-state index contributed by atoms with van der Waals surface area (Å²) in [5.74, 6) is 1.49. The third kappa shape index (κ3) is 4.64. The number of nitrogens with zero attached hydrogens (tertiary/aromatic N) is 3. The topological polar surface area (TPSA) is 135 Å². The Morgan fingerprint density at radius 3 is 2.18 bits per heavy atom. The smallest absolute Gasteiger partial charge is 0.369 e. The van der Waals surface area contributed by atoms with E-state index in [4.69, 9.17) is 26.1 Å². The van der Waals surface area contributed by atoms with Gasteiger partial charge in [-0.15, -0.1) is 0 Å². The molecule has 3 aromatic rings. The zero-order valence-corrected chi connectivity index (χ0v) is 21.1. The number of amides is 1. The minimum absolute atomic E-state index is 0.0478. The zero-order chi connectivity index (χ0) is 26.3. The van der Waals surface area contributed by atoms with E-state index in [1.807, 2.05) is 30.3 Å². The molecule has 0 aliphatic heterocycles. The molecule has 0 spiro atoms. The lowest BCUT2D eigenvalue weighted by molar-refractivity contribution is -0.119. The van der Waals surface area contributed by atoms with E-state index in [9.17, 15) is 9.59 Å². The van der Waals surface area contributed by atoms with Crippen molar-refractivity contribution in [3.8, 4) is 11.4 Å². The van der Waals surface area contributed by atoms with E-state index in [2.05, 4.69) is 5.16 Å². The van der Waals surface area contributed by atoms with Crippen molar-refractivity contribution in [2.24, 2.45) is 34.4 Å². The molecule has 4 N–H and O–H groups in total. The maximum Gasteiger partial charge on any atom is 0.369 e. The van der Waals surface area contributed by atoms with Gasteiger partial charge in [0.25, 0.3) is 5.91 Å². The lowest BCUT2D eigenvalue weighted by Gasteiger charge is -2.56. The molecule has 1 amide bonds. The first kappa shape index (κ1) is 24.2. The molecule has 0 unspecified atom stereocenters. The Bertz CT molecular complexity index is 1340. The largest absolute Gasteiger partial charge is 0.484 e. The molecule has 4 aliphatic carbocycles. The molecule has 7 rings (SSSR count). The maximum atomic E-state index is 13.4. The van der Waals surface area contributed by atoms with E-state index < -0.39 is 11.9 Å². The van der Waals surface area contributed by atoms with Crippen LogP contribution in [-0.2, 0) is 15.0 Å². The maximum absolute atomic E-state index is 13.4. The van der Waals surface area contributed by atoms with E-state index in [0.717, 1.165) is 30.6 Å². The Morgan fingerprint density at radius 2 is 1.58 bits per heavy atom. The lowest BCUT2D eigenvalue weighted by Crippen LogP contribution is -2.49. The van der Waals surface area contributed by atoms with E-state index in [1.54, 1.807) is 35.1 Å². The summed E-state index contributed by atoms with van der Waals surface area (Å²) in [6.45, 7) is -0.219. The number of nitrogens with two attached hydrogens (primary N) is 2. The van der Waals surface area contributed by atoms with Crippen molar-refractivity contribution in [1.29, 1.82) is 0 Å². The quantitative estimate of drug-likeness (QED) is 0.204. The highest BCUT2D eigenvalue weighted by atomic mass is 16.7. The number of hydrogen-bond donors (Lipinski definition) is 2. The molecule has 9 heteroatoms. The third-order valence-corrected chi connectivity index (χ3v) is 8.25. The molecule has 9 nitrogen and oxygen atoms in total. The fourth-order valence-electron chi connectivity index (χ4n) is 7.10. The number of benzene rings is 2. The van der Waals surface area contributed by atoms with Crippen LogP contribution >= 0.6 is 0 Å². The highest BCUT2D eigenvalue weighted by molar-refractivity contribution is 5.98. The molecular weight excluding hydrogens is 482 g/mol. The van der Waals surface area contributed by atoms with Crippen LogP contribution in [-0.4, -0.2) is 34.1 Å². The second-order valence-electron chi connectivity index (χ2n) is 11.0. The SMILES string of the molecule is NC(=O)COc1ccc(/C(N)=N/OC(=O)c2cn(-c3ccccc3)nc2C23CC4CC(CC(C4)C2)C3)cc1.